The van der Waals surface area contributed by atoms with E-state index in [-0.39, 0.29) is 0 Å². The van der Waals surface area contributed by atoms with Crippen LogP contribution in [0, 0.1) is 0 Å². The molecule has 1 aliphatic rings. The van der Waals surface area contributed by atoms with Gasteiger partial charge in [-0.25, -0.2) is 4.79 Å². The Morgan fingerprint density at radius 1 is 1.15 bits per heavy atom. The largest absolute Gasteiger partial charge is 0.479 e. The van der Waals surface area contributed by atoms with Crippen LogP contribution in [0.25, 0.3) is 0 Å². The Bertz CT molecular complexity index is 687. The molecule has 4 nitrogen and oxygen atoms in total. The number of benzene rings is 2. The Balaban J connectivity index is 2.05. The van der Waals surface area contributed by atoms with Gasteiger partial charge in [0.05, 0.1) is 11.4 Å². The monoisotopic (exact) mass is 287 g/mol. The van der Waals surface area contributed by atoms with Gasteiger partial charge in [0, 0.05) is 16.8 Å². The molecule has 0 radical (unpaired) electrons. The molecule has 2 N–H and O–H groups in total. The summed E-state index contributed by atoms with van der Waals surface area (Å²) in [6.45, 7) is 0. The molecule has 20 heavy (non-hydrogen) atoms. The summed E-state index contributed by atoms with van der Waals surface area (Å²) in [7, 11) is 1.98. The van der Waals surface area contributed by atoms with Gasteiger partial charge < -0.3 is 15.1 Å². The van der Waals surface area contributed by atoms with E-state index in [9.17, 15) is 9.90 Å². The molecule has 1 heterocycles. The van der Waals surface area contributed by atoms with Gasteiger partial charge in [-0.2, -0.15) is 0 Å². The number of carbonyl (C=O) groups is 1. The highest BCUT2D eigenvalue weighted by molar-refractivity contribution is 7.99. The lowest BCUT2D eigenvalue weighted by Gasteiger charge is -2.29. The lowest BCUT2D eigenvalue weighted by Crippen LogP contribution is -2.16. The number of hydrogen-bond donors (Lipinski definition) is 2. The second-order valence-corrected chi connectivity index (χ2v) is 5.68. The van der Waals surface area contributed by atoms with E-state index in [0.29, 0.717) is 5.56 Å². The highest BCUT2D eigenvalue weighted by Gasteiger charge is 2.23. The van der Waals surface area contributed by atoms with E-state index in [1.165, 1.54) is 0 Å². The first-order valence-corrected chi connectivity index (χ1v) is 6.95. The van der Waals surface area contributed by atoms with Crippen LogP contribution in [-0.2, 0) is 4.79 Å². The number of hydrogen-bond acceptors (Lipinski definition) is 4. The van der Waals surface area contributed by atoms with Crippen molar-refractivity contribution in [2.24, 2.45) is 0 Å². The number of aliphatic carboxylic acids is 1. The number of fused-ring (bicyclic) bond motifs is 2. The van der Waals surface area contributed by atoms with Crippen LogP contribution >= 0.6 is 11.8 Å². The van der Waals surface area contributed by atoms with E-state index in [1.807, 2.05) is 37.4 Å². The zero-order valence-corrected chi connectivity index (χ0v) is 11.6. The minimum absolute atomic E-state index is 0.400. The van der Waals surface area contributed by atoms with Gasteiger partial charge in [-0.1, -0.05) is 30.0 Å². The Morgan fingerprint density at radius 3 is 2.60 bits per heavy atom. The predicted octanol–water partition coefficient (Wildman–Crippen LogP) is 3.04. The third kappa shape index (κ3) is 2.05. The predicted molar refractivity (Wildman–Crippen MR) is 77.7 cm³/mol. The van der Waals surface area contributed by atoms with Crippen LogP contribution in [-0.4, -0.2) is 23.2 Å². The van der Waals surface area contributed by atoms with Gasteiger partial charge >= 0.3 is 5.97 Å². The van der Waals surface area contributed by atoms with Gasteiger partial charge in [0.2, 0.25) is 0 Å². The highest BCUT2D eigenvalue weighted by atomic mass is 32.2. The fourth-order valence-electron chi connectivity index (χ4n) is 2.27. The topological polar surface area (TPSA) is 60.8 Å². The molecular formula is C15H13NO3S. The average molecular weight is 287 g/mol. The van der Waals surface area contributed by atoms with E-state index in [1.54, 1.807) is 23.9 Å². The molecule has 0 unspecified atom stereocenters. The Hall–Kier alpha value is -1.98. The molecule has 5 heteroatoms. The number of carboxylic acid groups (broad SMARTS) is 1. The number of carboxylic acids is 1. The van der Waals surface area contributed by atoms with Crippen LogP contribution < -0.4 is 4.90 Å². The van der Waals surface area contributed by atoms with Crippen molar-refractivity contribution in [3.8, 4) is 0 Å². The van der Waals surface area contributed by atoms with Crippen molar-refractivity contribution >= 4 is 29.1 Å². The van der Waals surface area contributed by atoms with Crippen molar-refractivity contribution in [3.63, 3.8) is 0 Å². The minimum Gasteiger partial charge on any atom is -0.479 e. The highest BCUT2D eigenvalue weighted by Crippen LogP contribution is 2.47. The number of para-hydroxylation sites is 1. The van der Waals surface area contributed by atoms with Gasteiger partial charge in [0.25, 0.3) is 0 Å². The van der Waals surface area contributed by atoms with E-state index in [2.05, 4.69) is 4.90 Å². The summed E-state index contributed by atoms with van der Waals surface area (Å²) in [6.07, 6.45) is -1.48. The number of nitrogens with zero attached hydrogens (tertiary/aromatic N) is 1. The summed E-state index contributed by atoms with van der Waals surface area (Å²) >= 11 is 1.58. The standard InChI is InChI=1S/C15H13NO3S/c1-16-10-4-2-3-5-12(10)20-13-8-9(6-7-11(13)16)14(17)15(18)19/h2-8,14,17H,1H3,(H,18,19)/t14-/m0/s1. The molecule has 102 valence electrons. The molecule has 1 atom stereocenters. The molecule has 0 aliphatic carbocycles. The summed E-state index contributed by atoms with van der Waals surface area (Å²) < 4.78 is 0. The number of rotatable bonds is 2. The first kappa shape index (κ1) is 13.0. The van der Waals surface area contributed by atoms with Crippen molar-refractivity contribution in [2.75, 3.05) is 11.9 Å². The molecule has 0 aromatic heterocycles. The quantitative estimate of drug-likeness (QED) is 0.889. The molecule has 0 saturated carbocycles. The maximum atomic E-state index is 10.9. The normalized spacial score (nSPS) is 14.4. The fraction of sp³-hybridized carbons (Fsp3) is 0.133. The van der Waals surface area contributed by atoms with Crippen LogP contribution in [0.1, 0.15) is 11.7 Å². The Morgan fingerprint density at radius 2 is 1.85 bits per heavy atom. The van der Waals surface area contributed by atoms with Gasteiger partial charge in [-0.15, -0.1) is 0 Å². The van der Waals surface area contributed by atoms with Crippen LogP contribution in [0.15, 0.2) is 52.3 Å². The van der Waals surface area contributed by atoms with E-state index >= 15 is 0 Å². The van der Waals surface area contributed by atoms with Crippen molar-refractivity contribution in [3.05, 3.63) is 48.0 Å². The van der Waals surface area contributed by atoms with Crippen LogP contribution in [0.4, 0.5) is 11.4 Å². The molecule has 2 aromatic carbocycles. The van der Waals surface area contributed by atoms with Crippen LogP contribution in [0.5, 0.6) is 0 Å². The smallest absolute Gasteiger partial charge is 0.337 e. The zero-order chi connectivity index (χ0) is 14.3. The zero-order valence-electron chi connectivity index (χ0n) is 10.8. The summed E-state index contributed by atoms with van der Waals surface area (Å²) in [5.74, 6) is -1.24. The summed E-state index contributed by atoms with van der Waals surface area (Å²) in [4.78, 5) is 15.0. The molecule has 0 saturated heterocycles. The molecular weight excluding hydrogens is 274 g/mol. The first-order valence-electron chi connectivity index (χ1n) is 6.13. The fourth-order valence-corrected chi connectivity index (χ4v) is 3.47. The molecule has 0 amide bonds. The van der Waals surface area contributed by atoms with Crippen molar-refractivity contribution in [1.29, 1.82) is 0 Å². The summed E-state index contributed by atoms with van der Waals surface area (Å²) in [5, 5.41) is 18.5. The maximum absolute atomic E-state index is 10.9. The van der Waals surface area contributed by atoms with Gasteiger partial charge in [0.1, 0.15) is 0 Å². The summed E-state index contributed by atoms with van der Waals surface area (Å²) in [6, 6.07) is 13.3. The second kappa shape index (κ2) is 4.85. The van der Waals surface area contributed by atoms with Crippen molar-refractivity contribution in [2.45, 2.75) is 15.9 Å². The second-order valence-electron chi connectivity index (χ2n) is 4.60. The first-order chi connectivity index (χ1) is 9.58. The lowest BCUT2D eigenvalue weighted by molar-refractivity contribution is -0.146. The number of aliphatic hydroxyl groups is 1. The molecule has 0 spiro atoms. The van der Waals surface area contributed by atoms with Crippen LogP contribution in [0.3, 0.4) is 0 Å². The molecule has 0 fully saturated rings. The third-order valence-corrected chi connectivity index (χ3v) is 4.45. The maximum Gasteiger partial charge on any atom is 0.337 e. The number of aliphatic hydroxyl groups excluding tert-OH is 1. The van der Waals surface area contributed by atoms with Crippen LogP contribution in [0.2, 0.25) is 0 Å². The van der Waals surface area contributed by atoms with E-state index in [4.69, 9.17) is 5.11 Å². The van der Waals surface area contributed by atoms with Gasteiger partial charge in [0.15, 0.2) is 6.10 Å². The third-order valence-electron chi connectivity index (χ3n) is 3.34. The molecule has 1 aliphatic heterocycles. The van der Waals surface area contributed by atoms with E-state index in [0.717, 1.165) is 21.2 Å². The number of anilines is 2. The molecule has 2 aromatic rings. The van der Waals surface area contributed by atoms with Gasteiger partial charge in [-0.05, 0) is 29.8 Å². The van der Waals surface area contributed by atoms with Gasteiger partial charge in [-0.3, -0.25) is 0 Å². The van der Waals surface area contributed by atoms with E-state index < -0.39 is 12.1 Å². The molecule has 0 bridgehead atoms. The SMILES string of the molecule is CN1c2ccccc2Sc2cc([C@H](O)C(=O)O)ccc21. The average Bonchev–Trinajstić information content (AvgIpc) is 2.46. The minimum atomic E-state index is -1.48. The molecule has 3 rings (SSSR count). The Labute approximate surface area is 120 Å². The summed E-state index contributed by atoms with van der Waals surface area (Å²) in [5.41, 5.74) is 2.53. The van der Waals surface area contributed by atoms with Crippen molar-refractivity contribution < 1.29 is 15.0 Å². The lowest BCUT2D eigenvalue weighted by atomic mass is 10.1. The van der Waals surface area contributed by atoms with Crippen molar-refractivity contribution in [1.82, 2.24) is 0 Å². The Kier molecular flexibility index (Phi) is 3.16.